The number of esters is 1. The highest BCUT2D eigenvalue weighted by molar-refractivity contribution is 5.97. The Bertz CT molecular complexity index is 754. The number of carbonyl (C=O) groups is 3. The monoisotopic (exact) mass is 390 g/mol. The number of hydrogen-bond acceptors (Lipinski definition) is 7. The molecule has 9 nitrogen and oxygen atoms in total. The maximum Gasteiger partial charge on any atom is 0.339 e. The van der Waals surface area contributed by atoms with E-state index in [0.717, 1.165) is 6.42 Å². The summed E-state index contributed by atoms with van der Waals surface area (Å²) in [4.78, 5) is 43.8. The van der Waals surface area contributed by atoms with Crippen LogP contribution in [-0.4, -0.2) is 91.7 Å². The Morgan fingerprint density at radius 3 is 2.75 bits per heavy atom. The Morgan fingerprint density at radius 2 is 2.04 bits per heavy atom. The van der Waals surface area contributed by atoms with E-state index in [-0.39, 0.29) is 35.6 Å². The molecule has 2 aliphatic rings. The molecule has 152 valence electrons. The van der Waals surface area contributed by atoms with Crippen LogP contribution in [0.4, 0.5) is 0 Å². The Labute approximate surface area is 164 Å². The summed E-state index contributed by atoms with van der Waals surface area (Å²) >= 11 is 0. The molecule has 2 amide bonds. The smallest absolute Gasteiger partial charge is 0.339 e. The second kappa shape index (κ2) is 8.66. The zero-order chi connectivity index (χ0) is 20.3. The largest absolute Gasteiger partial charge is 0.465 e. The molecular formula is C19H26N4O5. The lowest BCUT2D eigenvalue weighted by Gasteiger charge is -2.35. The zero-order valence-corrected chi connectivity index (χ0v) is 16.4. The summed E-state index contributed by atoms with van der Waals surface area (Å²) in [6, 6.07) is 1.68. The van der Waals surface area contributed by atoms with Gasteiger partial charge in [0.2, 0.25) is 5.91 Å². The minimum Gasteiger partial charge on any atom is -0.465 e. The van der Waals surface area contributed by atoms with Crippen LogP contribution in [-0.2, 0) is 14.3 Å². The van der Waals surface area contributed by atoms with E-state index in [1.165, 1.54) is 25.6 Å². The number of rotatable bonds is 5. The van der Waals surface area contributed by atoms with E-state index in [1.54, 1.807) is 19.0 Å². The molecule has 3 rings (SSSR count). The summed E-state index contributed by atoms with van der Waals surface area (Å²) in [5.41, 5.74) is 0.555. The van der Waals surface area contributed by atoms with Crippen LogP contribution < -0.4 is 5.32 Å². The number of carbonyl (C=O) groups excluding carboxylic acids is 3. The van der Waals surface area contributed by atoms with Gasteiger partial charge in [-0.1, -0.05) is 0 Å². The van der Waals surface area contributed by atoms with E-state index in [9.17, 15) is 14.4 Å². The third-order valence-electron chi connectivity index (χ3n) is 5.15. The van der Waals surface area contributed by atoms with Crippen LogP contribution >= 0.6 is 0 Å². The third kappa shape index (κ3) is 4.66. The minimum absolute atomic E-state index is 0.0221. The number of nitrogens with one attached hydrogen (secondary N) is 1. The van der Waals surface area contributed by atoms with Gasteiger partial charge < -0.3 is 19.7 Å². The summed E-state index contributed by atoms with van der Waals surface area (Å²) in [6.07, 6.45) is 3.81. The van der Waals surface area contributed by atoms with Crippen molar-refractivity contribution in [3.63, 3.8) is 0 Å². The molecule has 0 saturated carbocycles. The molecule has 2 fully saturated rings. The van der Waals surface area contributed by atoms with Crippen LogP contribution in [0, 0.1) is 0 Å². The molecule has 3 atom stereocenters. The van der Waals surface area contributed by atoms with Crippen molar-refractivity contribution >= 4 is 17.8 Å². The van der Waals surface area contributed by atoms with Gasteiger partial charge in [-0.25, -0.2) is 4.79 Å². The van der Waals surface area contributed by atoms with Crippen LogP contribution in [0.5, 0.6) is 0 Å². The van der Waals surface area contributed by atoms with Gasteiger partial charge in [0.25, 0.3) is 5.91 Å². The highest BCUT2D eigenvalue weighted by Gasteiger charge is 2.38. The van der Waals surface area contributed by atoms with Crippen LogP contribution in [0.25, 0.3) is 0 Å². The number of amides is 2. The zero-order valence-electron chi connectivity index (χ0n) is 16.4. The molecule has 0 aromatic carbocycles. The van der Waals surface area contributed by atoms with Crippen molar-refractivity contribution in [2.75, 3.05) is 40.9 Å². The Hall–Kier alpha value is -2.52. The summed E-state index contributed by atoms with van der Waals surface area (Å²) in [5, 5.41) is 3.01. The molecule has 0 aliphatic carbocycles. The van der Waals surface area contributed by atoms with Crippen molar-refractivity contribution in [3.8, 4) is 0 Å². The lowest BCUT2D eigenvalue weighted by molar-refractivity contribution is -0.134. The predicted molar refractivity (Wildman–Crippen MR) is 99.9 cm³/mol. The summed E-state index contributed by atoms with van der Waals surface area (Å²) < 4.78 is 10.5. The fourth-order valence-corrected chi connectivity index (χ4v) is 3.61. The molecule has 1 aromatic rings. The molecule has 2 saturated heterocycles. The lowest BCUT2D eigenvalue weighted by atomic mass is 10.1. The lowest BCUT2D eigenvalue weighted by Crippen LogP contribution is -2.47. The predicted octanol–water partition coefficient (Wildman–Crippen LogP) is -0.0820. The molecule has 0 bridgehead atoms. The number of hydrogen-bond donors (Lipinski definition) is 1. The number of fused-ring (bicyclic) bond motifs is 1. The highest BCUT2D eigenvalue weighted by atomic mass is 16.5. The first-order valence-corrected chi connectivity index (χ1v) is 9.27. The Balaban J connectivity index is 1.55. The van der Waals surface area contributed by atoms with E-state index in [4.69, 9.17) is 4.74 Å². The van der Waals surface area contributed by atoms with Crippen molar-refractivity contribution in [2.45, 2.75) is 31.0 Å². The number of ether oxygens (including phenoxy) is 2. The molecule has 0 unspecified atom stereocenters. The van der Waals surface area contributed by atoms with Crippen LogP contribution in [0.15, 0.2) is 18.5 Å². The summed E-state index contributed by atoms with van der Waals surface area (Å²) in [6.45, 7) is 1.93. The molecular weight excluding hydrogens is 364 g/mol. The molecule has 2 aliphatic heterocycles. The number of aromatic nitrogens is 1. The molecule has 9 heteroatoms. The van der Waals surface area contributed by atoms with Gasteiger partial charge in [0, 0.05) is 51.7 Å². The number of nitrogens with zero attached hydrogens (tertiary/aromatic N) is 3. The minimum atomic E-state index is -0.532. The first kappa shape index (κ1) is 20.2. The fraction of sp³-hybridized carbons (Fsp3) is 0.579. The van der Waals surface area contributed by atoms with Gasteiger partial charge in [-0.2, -0.15) is 0 Å². The van der Waals surface area contributed by atoms with Gasteiger partial charge in [-0.3, -0.25) is 19.5 Å². The van der Waals surface area contributed by atoms with Gasteiger partial charge in [-0.15, -0.1) is 0 Å². The average molecular weight is 390 g/mol. The van der Waals surface area contributed by atoms with Crippen molar-refractivity contribution in [1.82, 2.24) is 20.1 Å². The average Bonchev–Trinajstić information content (AvgIpc) is 3.08. The fourth-order valence-electron chi connectivity index (χ4n) is 3.61. The normalized spacial score (nSPS) is 24.3. The van der Waals surface area contributed by atoms with E-state index >= 15 is 0 Å². The molecule has 1 aromatic heterocycles. The van der Waals surface area contributed by atoms with Gasteiger partial charge in [0.15, 0.2) is 0 Å². The third-order valence-corrected chi connectivity index (χ3v) is 5.15. The van der Waals surface area contributed by atoms with E-state index in [0.29, 0.717) is 31.7 Å². The molecule has 28 heavy (non-hydrogen) atoms. The summed E-state index contributed by atoms with van der Waals surface area (Å²) in [5.74, 6) is -0.760. The van der Waals surface area contributed by atoms with Crippen LogP contribution in [0.3, 0.4) is 0 Å². The van der Waals surface area contributed by atoms with Crippen molar-refractivity contribution in [3.05, 3.63) is 29.6 Å². The SMILES string of the molecule is COC(=O)c1cncc(C(=O)N[C@@H]2C[C@H]3CO[C@@H](CC(=O)N(C)C)CN3C2)c1. The van der Waals surface area contributed by atoms with Gasteiger partial charge in [0.1, 0.15) is 0 Å². The first-order chi connectivity index (χ1) is 13.4. The second-order valence-electron chi connectivity index (χ2n) is 7.42. The van der Waals surface area contributed by atoms with E-state index in [1.807, 2.05) is 0 Å². The maximum atomic E-state index is 12.6. The quantitative estimate of drug-likeness (QED) is 0.702. The van der Waals surface area contributed by atoms with Crippen LogP contribution in [0.2, 0.25) is 0 Å². The van der Waals surface area contributed by atoms with Gasteiger partial charge in [-0.05, 0) is 12.5 Å². The van der Waals surface area contributed by atoms with E-state index < -0.39 is 5.97 Å². The highest BCUT2D eigenvalue weighted by Crippen LogP contribution is 2.24. The van der Waals surface area contributed by atoms with Crippen molar-refractivity contribution in [2.24, 2.45) is 0 Å². The Kier molecular flexibility index (Phi) is 6.25. The first-order valence-electron chi connectivity index (χ1n) is 9.27. The van der Waals surface area contributed by atoms with Gasteiger partial charge in [0.05, 0.1) is 37.4 Å². The summed E-state index contributed by atoms with van der Waals surface area (Å²) in [7, 11) is 4.75. The van der Waals surface area contributed by atoms with Crippen LogP contribution in [0.1, 0.15) is 33.6 Å². The molecule has 3 heterocycles. The number of morpholine rings is 1. The molecule has 0 radical (unpaired) electrons. The van der Waals surface area contributed by atoms with Gasteiger partial charge >= 0.3 is 5.97 Å². The number of pyridine rings is 1. The molecule has 0 spiro atoms. The van der Waals surface area contributed by atoms with E-state index in [2.05, 4.69) is 19.9 Å². The number of methoxy groups -OCH3 is 1. The second-order valence-corrected chi connectivity index (χ2v) is 7.42. The standard InChI is InChI=1S/C19H26N4O5/c1-22(2)17(24)6-16-10-23-9-14(5-15(23)11-28-16)21-18(25)12-4-13(8-20-7-12)19(26)27-3/h4,7-8,14-16H,5-6,9-11H2,1-3H3,(H,21,25)/t14-,15+,16+/m1/s1. The maximum absolute atomic E-state index is 12.6. The van der Waals surface area contributed by atoms with Crippen molar-refractivity contribution in [1.29, 1.82) is 0 Å². The topological polar surface area (TPSA) is 101 Å². The Morgan fingerprint density at radius 1 is 1.29 bits per heavy atom. The van der Waals surface area contributed by atoms with Crippen molar-refractivity contribution < 1.29 is 23.9 Å². The molecule has 1 N–H and O–H groups in total.